The van der Waals surface area contributed by atoms with E-state index >= 15 is 0 Å². The Hall–Kier alpha value is -1.92. The fourth-order valence-electron chi connectivity index (χ4n) is 2.23. The van der Waals surface area contributed by atoms with Crippen LogP contribution in [-0.2, 0) is 16.1 Å². The standard InChI is InChI=1S/C16H23N3O3/c1-22-10-9-17-16(21)18-15(20)12-19(14-7-8-14)11-13-5-3-2-4-6-13/h2-6,14H,7-12H2,1H3,(H2,17,18,20,21). The number of imide groups is 1. The predicted molar refractivity (Wildman–Crippen MR) is 83.3 cm³/mol. The Balaban J connectivity index is 1.78. The number of amides is 3. The van der Waals surface area contributed by atoms with E-state index in [1.165, 1.54) is 5.56 Å². The SMILES string of the molecule is COCCNC(=O)NC(=O)CN(Cc1ccccc1)C1CC1. The van der Waals surface area contributed by atoms with Crippen LogP contribution in [0.4, 0.5) is 4.79 Å². The van der Waals surface area contributed by atoms with Gasteiger partial charge in [-0.1, -0.05) is 30.3 Å². The van der Waals surface area contributed by atoms with E-state index in [9.17, 15) is 9.59 Å². The lowest BCUT2D eigenvalue weighted by molar-refractivity contribution is -0.121. The summed E-state index contributed by atoms with van der Waals surface area (Å²) in [5, 5.41) is 4.92. The summed E-state index contributed by atoms with van der Waals surface area (Å²) < 4.78 is 4.83. The van der Waals surface area contributed by atoms with Crippen molar-refractivity contribution in [2.75, 3.05) is 26.8 Å². The molecular formula is C16H23N3O3. The zero-order chi connectivity index (χ0) is 15.8. The highest BCUT2D eigenvalue weighted by atomic mass is 16.5. The molecule has 120 valence electrons. The Kier molecular flexibility index (Phi) is 6.36. The van der Waals surface area contributed by atoms with E-state index in [2.05, 4.69) is 15.5 Å². The van der Waals surface area contributed by atoms with Gasteiger partial charge in [0.25, 0.3) is 0 Å². The Bertz CT molecular complexity index is 489. The summed E-state index contributed by atoms with van der Waals surface area (Å²) in [7, 11) is 1.56. The summed E-state index contributed by atoms with van der Waals surface area (Å²) in [5.74, 6) is -0.280. The van der Waals surface area contributed by atoms with Crippen molar-refractivity contribution in [3.05, 3.63) is 35.9 Å². The fourth-order valence-corrected chi connectivity index (χ4v) is 2.23. The summed E-state index contributed by atoms with van der Waals surface area (Å²) in [6.45, 7) is 1.76. The highest BCUT2D eigenvalue weighted by Gasteiger charge is 2.30. The number of hydrogen-bond donors (Lipinski definition) is 2. The van der Waals surface area contributed by atoms with Crippen molar-refractivity contribution in [2.24, 2.45) is 0 Å². The van der Waals surface area contributed by atoms with Gasteiger partial charge >= 0.3 is 6.03 Å². The molecule has 0 bridgehead atoms. The molecule has 0 atom stereocenters. The molecule has 6 heteroatoms. The summed E-state index contributed by atoms with van der Waals surface area (Å²) in [6.07, 6.45) is 2.22. The molecule has 0 aromatic heterocycles. The fraction of sp³-hybridized carbons (Fsp3) is 0.500. The van der Waals surface area contributed by atoms with Crippen LogP contribution in [0.15, 0.2) is 30.3 Å². The summed E-state index contributed by atoms with van der Waals surface area (Å²) in [4.78, 5) is 25.6. The highest BCUT2D eigenvalue weighted by Crippen LogP contribution is 2.27. The van der Waals surface area contributed by atoms with Crippen LogP contribution in [0.5, 0.6) is 0 Å². The molecule has 0 radical (unpaired) electrons. The Morgan fingerprint density at radius 2 is 2.00 bits per heavy atom. The van der Waals surface area contributed by atoms with Crippen LogP contribution in [0, 0.1) is 0 Å². The van der Waals surface area contributed by atoms with Crippen LogP contribution >= 0.6 is 0 Å². The second kappa shape index (κ2) is 8.51. The van der Waals surface area contributed by atoms with E-state index in [-0.39, 0.29) is 12.5 Å². The molecule has 1 aromatic rings. The minimum atomic E-state index is -0.475. The minimum Gasteiger partial charge on any atom is -0.383 e. The van der Waals surface area contributed by atoms with Crippen molar-refractivity contribution in [3.8, 4) is 0 Å². The molecule has 1 aromatic carbocycles. The van der Waals surface area contributed by atoms with Crippen molar-refractivity contribution in [1.82, 2.24) is 15.5 Å². The van der Waals surface area contributed by atoms with Crippen molar-refractivity contribution < 1.29 is 14.3 Å². The molecule has 0 saturated heterocycles. The molecule has 22 heavy (non-hydrogen) atoms. The van der Waals surface area contributed by atoms with Gasteiger partial charge in [-0.2, -0.15) is 0 Å². The van der Waals surface area contributed by atoms with E-state index < -0.39 is 6.03 Å². The van der Waals surface area contributed by atoms with Gasteiger partial charge in [-0.05, 0) is 18.4 Å². The van der Waals surface area contributed by atoms with Crippen molar-refractivity contribution in [2.45, 2.75) is 25.4 Å². The second-order valence-corrected chi connectivity index (χ2v) is 5.42. The molecule has 3 amide bonds. The summed E-state index contributed by atoms with van der Waals surface area (Å²) in [5.41, 5.74) is 1.17. The van der Waals surface area contributed by atoms with Crippen molar-refractivity contribution in [1.29, 1.82) is 0 Å². The maximum atomic E-state index is 12.0. The minimum absolute atomic E-state index is 0.233. The van der Waals surface area contributed by atoms with E-state index in [0.717, 1.165) is 19.4 Å². The Morgan fingerprint density at radius 3 is 2.64 bits per heavy atom. The maximum Gasteiger partial charge on any atom is 0.321 e. The zero-order valence-corrected chi connectivity index (χ0v) is 12.9. The zero-order valence-electron chi connectivity index (χ0n) is 12.9. The van der Waals surface area contributed by atoms with Crippen LogP contribution in [0.2, 0.25) is 0 Å². The van der Waals surface area contributed by atoms with Gasteiger partial charge in [0, 0.05) is 26.2 Å². The van der Waals surface area contributed by atoms with E-state index in [4.69, 9.17) is 4.74 Å². The quantitative estimate of drug-likeness (QED) is 0.706. The van der Waals surface area contributed by atoms with Crippen LogP contribution in [0.1, 0.15) is 18.4 Å². The molecule has 2 rings (SSSR count). The van der Waals surface area contributed by atoms with Crippen LogP contribution in [-0.4, -0.2) is 49.7 Å². The first-order valence-corrected chi connectivity index (χ1v) is 7.53. The Labute approximate surface area is 130 Å². The molecule has 1 aliphatic rings. The first-order chi connectivity index (χ1) is 10.7. The second-order valence-electron chi connectivity index (χ2n) is 5.42. The first-order valence-electron chi connectivity index (χ1n) is 7.53. The number of urea groups is 1. The number of methoxy groups -OCH3 is 1. The maximum absolute atomic E-state index is 12.0. The normalized spacial score (nSPS) is 13.9. The van der Waals surface area contributed by atoms with Gasteiger partial charge in [-0.3, -0.25) is 15.0 Å². The molecule has 6 nitrogen and oxygen atoms in total. The largest absolute Gasteiger partial charge is 0.383 e. The number of carbonyl (C=O) groups is 2. The number of rotatable bonds is 8. The molecule has 1 saturated carbocycles. The predicted octanol–water partition coefficient (Wildman–Crippen LogP) is 1.12. The topological polar surface area (TPSA) is 70.7 Å². The Morgan fingerprint density at radius 1 is 1.27 bits per heavy atom. The molecule has 2 N–H and O–H groups in total. The van der Waals surface area contributed by atoms with Gasteiger partial charge in [0.15, 0.2) is 0 Å². The van der Waals surface area contributed by atoms with Gasteiger partial charge in [-0.25, -0.2) is 4.79 Å². The van der Waals surface area contributed by atoms with E-state index in [1.54, 1.807) is 7.11 Å². The third-order valence-corrected chi connectivity index (χ3v) is 3.48. The summed E-state index contributed by atoms with van der Waals surface area (Å²) in [6, 6.07) is 10.0. The lowest BCUT2D eigenvalue weighted by Gasteiger charge is -2.21. The van der Waals surface area contributed by atoms with Crippen molar-refractivity contribution >= 4 is 11.9 Å². The molecule has 0 heterocycles. The monoisotopic (exact) mass is 305 g/mol. The smallest absolute Gasteiger partial charge is 0.321 e. The van der Waals surface area contributed by atoms with Gasteiger partial charge in [0.1, 0.15) is 0 Å². The van der Waals surface area contributed by atoms with Crippen LogP contribution in [0.3, 0.4) is 0 Å². The number of hydrogen-bond acceptors (Lipinski definition) is 4. The number of nitrogens with zero attached hydrogens (tertiary/aromatic N) is 1. The molecule has 1 fully saturated rings. The van der Waals surface area contributed by atoms with Crippen LogP contribution in [0.25, 0.3) is 0 Å². The third-order valence-electron chi connectivity index (χ3n) is 3.48. The number of carbonyl (C=O) groups excluding carboxylic acids is 2. The van der Waals surface area contributed by atoms with E-state index in [1.807, 2.05) is 30.3 Å². The lowest BCUT2D eigenvalue weighted by atomic mass is 10.2. The van der Waals surface area contributed by atoms with Crippen molar-refractivity contribution in [3.63, 3.8) is 0 Å². The molecule has 0 aliphatic heterocycles. The molecular weight excluding hydrogens is 282 g/mol. The van der Waals surface area contributed by atoms with Crippen LogP contribution < -0.4 is 10.6 Å². The van der Waals surface area contributed by atoms with Gasteiger partial charge < -0.3 is 10.1 Å². The number of ether oxygens (including phenoxy) is 1. The van der Waals surface area contributed by atoms with Gasteiger partial charge in [-0.15, -0.1) is 0 Å². The number of benzene rings is 1. The highest BCUT2D eigenvalue weighted by molar-refractivity contribution is 5.95. The average Bonchev–Trinajstić information content (AvgIpc) is 3.32. The van der Waals surface area contributed by atoms with E-state index in [0.29, 0.717) is 19.2 Å². The molecule has 0 unspecified atom stereocenters. The van der Waals surface area contributed by atoms with Gasteiger partial charge in [0.2, 0.25) is 5.91 Å². The number of nitrogens with one attached hydrogen (secondary N) is 2. The molecule has 0 spiro atoms. The third kappa shape index (κ3) is 5.83. The lowest BCUT2D eigenvalue weighted by Crippen LogP contribution is -2.45. The van der Waals surface area contributed by atoms with Gasteiger partial charge in [0.05, 0.1) is 13.2 Å². The average molecular weight is 305 g/mol. The summed E-state index contributed by atoms with van der Waals surface area (Å²) >= 11 is 0. The molecule has 1 aliphatic carbocycles. The first kappa shape index (κ1) is 16.5.